The van der Waals surface area contributed by atoms with Gasteiger partial charge in [-0.15, -0.1) is 0 Å². The molecule has 0 spiro atoms. The Morgan fingerprint density at radius 1 is 1.03 bits per heavy atom. The van der Waals surface area contributed by atoms with Crippen molar-refractivity contribution in [1.29, 1.82) is 0 Å². The molecular weight excluding hydrogens is 446 g/mol. The monoisotopic (exact) mass is 469 g/mol. The van der Waals surface area contributed by atoms with Crippen molar-refractivity contribution in [3.63, 3.8) is 0 Å². The predicted octanol–water partition coefficient (Wildman–Crippen LogP) is 5.91. The molecule has 34 heavy (non-hydrogen) atoms. The summed E-state index contributed by atoms with van der Waals surface area (Å²) in [6.07, 6.45) is 4.23. The fraction of sp³-hybridized carbons (Fsp3) is 0.143. The molecule has 1 amide bonds. The smallest absolute Gasteiger partial charge is 0.246 e. The van der Waals surface area contributed by atoms with Crippen molar-refractivity contribution in [2.45, 2.75) is 19.6 Å². The Morgan fingerprint density at radius 2 is 1.79 bits per heavy atom. The zero-order valence-electron chi connectivity index (χ0n) is 18.6. The summed E-state index contributed by atoms with van der Waals surface area (Å²) >= 11 is 6.02. The van der Waals surface area contributed by atoms with E-state index in [1.54, 1.807) is 6.08 Å². The molecule has 0 saturated heterocycles. The summed E-state index contributed by atoms with van der Waals surface area (Å²) in [7, 11) is 0. The Labute approximate surface area is 203 Å². The molecule has 2 heterocycles. The van der Waals surface area contributed by atoms with Gasteiger partial charge in [0.25, 0.3) is 0 Å². The van der Waals surface area contributed by atoms with E-state index >= 15 is 0 Å². The molecule has 5 rings (SSSR count). The van der Waals surface area contributed by atoms with Crippen molar-refractivity contribution in [3.05, 3.63) is 112 Å². The number of rotatable bonds is 6. The van der Waals surface area contributed by atoms with E-state index in [0.29, 0.717) is 24.7 Å². The fourth-order valence-electron chi connectivity index (χ4n) is 4.02. The normalized spacial score (nSPS) is 13.1. The van der Waals surface area contributed by atoms with Crippen LogP contribution >= 0.6 is 11.6 Å². The summed E-state index contributed by atoms with van der Waals surface area (Å²) in [5.41, 5.74) is 6.08. The number of fused-ring (bicyclic) bond motifs is 1. The first-order chi connectivity index (χ1) is 16.7. The molecule has 0 atom stereocenters. The maximum Gasteiger partial charge on any atom is 0.246 e. The lowest BCUT2D eigenvalue weighted by molar-refractivity contribution is -0.126. The van der Waals surface area contributed by atoms with Crippen molar-refractivity contribution in [2.24, 2.45) is 0 Å². The summed E-state index contributed by atoms with van der Waals surface area (Å²) in [5.74, 6) is 0.781. The van der Waals surface area contributed by atoms with Crippen molar-refractivity contribution in [3.8, 4) is 17.0 Å². The molecule has 0 aliphatic carbocycles. The lowest BCUT2D eigenvalue weighted by Gasteiger charge is -2.26. The molecule has 0 fully saturated rings. The van der Waals surface area contributed by atoms with Gasteiger partial charge in [0.2, 0.25) is 5.91 Å². The van der Waals surface area contributed by atoms with Crippen LogP contribution in [0.2, 0.25) is 5.02 Å². The van der Waals surface area contributed by atoms with Crippen LogP contribution < -0.4 is 4.74 Å². The molecular formula is C28H24ClN3O2. The molecule has 1 aliphatic heterocycles. The highest BCUT2D eigenvalue weighted by atomic mass is 35.5. The van der Waals surface area contributed by atoms with Crippen LogP contribution in [0.5, 0.6) is 5.75 Å². The second-order valence-corrected chi connectivity index (χ2v) is 8.66. The second-order valence-electron chi connectivity index (χ2n) is 8.22. The quantitative estimate of drug-likeness (QED) is 0.357. The topological polar surface area (TPSA) is 58.2 Å². The third-order valence-corrected chi connectivity index (χ3v) is 6.16. The largest absolute Gasteiger partial charge is 0.489 e. The predicted molar refractivity (Wildman–Crippen MR) is 134 cm³/mol. The molecule has 1 aromatic heterocycles. The number of hydrogen-bond donors (Lipinski definition) is 1. The number of aromatic amines is 1. The fourth-order valence-corrected chi connectivity index (χ4v) is 4.14. The van der Waals surface area contributed by atoms with Gasteiger partial charge in [-0.25, -0.2) is 0 Å². The van der Waals surface area contributed by atoms with Crippen LogP contribution in [0.3, 0.4) is 0 Å². The van der Waals surface area contributed by atoms with Crippen molar-refractivity contribution in [1.82, 2.24) is 15.1 Å². The van der Waals surface area contributed by atoms with E-state index in [2.05, 4.69) is 10.2 Å². The number of nitrogens with zero attached hydrogens (tertiary/aromatic N) is 2. The first-order valence-corrected chi connectivity index (χ1v) is 11.6. The van der Waals surface area contributed by atoms with Gasteiger partial charge in [0, 0.05) is 47.4 Å². The van der Waals surface area contributed by atoms with Gasteiger partial charge >= 0.3 is 0 Å². The molecule has 170 valence electrons. The van der Waals surface area contributed by atoms with E-state index < -0.39 is 0 Å². The number of carbonyl (C=O) groups is 1. The molecule has 1 N–H and O–H groups in total. The van der Waals surface area contributed by atoms with Gasteiger partial charge in [0.1, 0.15) is 12.4 Å². The average Bonchev–Trinajstić information content (AvgIpc) is 3.31. The SMILES string of the molecule is O=C(/C=C/c1ccc(OCc2ccccc2)cc1)N1CCc2[nH]nc(-c3ccc(Cl)cc3)c2C1. The Balaban J connectivity index is 1.21. The molecule has 4 aromatic rings. The second kappa shape index (κ2) is 9.98. The Kier molecular flexibility index (Phi) is 6.45. The van der Waals surface area contributed by atoms with E-state index in [1.165, 1.54) is 0 Å². The van der Waals surface area contributed by atoms with Gasteiger partial charge in [-0.05, 0) is 41.5 Å². The van der Waals surface area contributed by atoms with Crippen LogP contribution in [0.4, 0.5) is 0 Å². The van der Waals surface area contributed by atoms with Crippen LogP contribution in [-0.4, -0.2) is 27.5 Å². The molecule has 0 radical (unpaired) electrons. The number of ether oxygens (including phenoxy) is 1. The summed E-state index contributed by atoms with van der Waals surface area (Å²) in [5, 5.41) is 8.31. The lowest BCUT2D eigenvalue weighted by Crippen LogP contribution is -2.34. The van der Waals surface area contributed by atoms with E-state index in [9.17, 15) is 4.79 Å². The molecule has 0 bridgehead atoms. The third kappa shape index (κ3) is 5.05. The minimum Gasteiger partial charge on any atom is -0.489 e. The number of carbonyl (C=O) groups excluding carboxylic acids is 1. The van der Waals surface area contributed by atoms with E-state index in [0.717, 1.165) is 45.8 Å². The Morgan fingerprint density at radius 3 is 2.56 bits per heavy atom. The number of hydrogen-bond acceptors (Lipinski definition) is 3. The number of benzene rings is 3. The lowest BCUT2D eigenvalue weighted by atomic mass is 10.0. The number of nitrogens with one attached hydrogen (secondary N) is 1. The van der Waals surface area contributed by atoms with Gasteiger partial charge in [-0.3, -0.25) is 9.89 Å². The first kappa shape index (κ1) is 22.0. The molecule has 0 saturated carbocycles. The standard InChI is InChI=1S/C28H24ClN3O2/c29-23-11-9-22(10-12-23)28-25-18-32(17-16-26(25)30-31-28)27(33)15-8-20-6-13-24(14-7-20)34-19-21-4-2-1-3-5-21/h1-15H,16-19H2,(H,30,31)/b15-8+. The average molecular weight is 470 g/mol. The first-order valence-electron chi connectivity index (χ1n) is 11.2. The van der Waals surface area contributed by atoms with Crippen LogP contribution in [-0.2, 0) is 24.4 Å². The molecule has 5 nitrogen and oxygen atoms in total. The van der Waals surface area contributed by atoms with Gasteiger partial charge in [0.15, 0.2) is 0 Å². The van der Waals surface area contributed by atoms with Gasteiger partial charge in [0.05, 0.1) is 5.69 Å². The van der Waals surface area contributed by atoms with E-state index in [4.69, 9.17) is 16.3 Å². The van der Waals surface area contributed by atoms with Crippen molar-refractivity contribution in [2.75, 3.05) is 6.54 Å². The minimum atomic E-state index is -0.0155. The third-order valence-electron chi connectivity index (χ3n) is 5.91. The van der Waals surface area contributed by atoms with Crippen molar-refractivity contribution < 1.29 is 9.53 Å². The highest BCUT2D eigenvalue weighted by molar-refractivity contribution is 6.30. The van der Waals surface area contributed by atoms with Crippen LogP contribution in [0.15, 0.2) is 84.9 Å². The molecule has 3 aromatic carbocycles. The number of H-pyrrole nitrogens is 1. The summed E-state index contributed by atoms with van der Waals surface area (Å²) < 4.78 is 5.83. The minimum absolute atomic E-state index is 0.0155. The van der Waals surface area contributed by atoms with Crippen LogP contribution in [0.25, 0.3) is 17.3 Å². The maximum atomic E-state index is 12.9. The maximum absolute atomic E-state index is 12.9. The molecule has 1 aliphatic rings. The summed E-state index contributed by atoms with van der Waals surface area (Å²) in [6.45, 7) is 1.71. The number of halogens is 1. The highest BCUT2D eigenvalue weighted by Gasteiger charge is 2.24. The van der Waals surface area contributed by atoms with Gasteiger partial charge < -0.3 is 9.64 Å². The highest BCUT2D eigenvalue weighted by Crippen LogP contribution is 2.29. The number of amides is 1. The van der Waals surface area contributed by atoms with E-state index in [1.807, 2.05) is 89.8 Å². The van der Waals surface area contributed by atoms with Crippen LogP contribution in [0.1, 0.15) is 22.4 Å². The van der Waals surface area contributed by atoms with Gasteiger partial charge in [-0.1, -0.05) is 66.2 Å². The molecule has 6 heteroatoms. The number of aromatic nitrogens is 2. The van der Waals surface area contributed by atoms with Crippen molar-refractivity contribution >= 4 is 23.6 Å². The van der Waals surface area contributed by atoms with Crippen LogP contribution in [0, 0.1) is 0 Å². The summed E-state index contributed by atoms with van der Waals surface area (Å²) in [6, 6.07) is 25.4. The van der Waals surface area contributed by atoms with E-state index in [-0.39, 0.29) is 5.91 Å². The Hall–Kier alpha value is -3.83. The zero-order valence-corrected chi connectivity index (χ0v) is 19.3. The Bertz CT molecular complexity index is 1300. The molecule has 0 unspecified atom stereocenters. The summed E-state index contributed by atoms with van der Waals surface area (Å²) in [4.78, 5) is 14.7. The zero-order chi connectivity index (χ0) is 23.3. The van der Waals surface area contributed by atoms with Gasteiger partial charge in [-0.2, -0.15) is 5.10 Å².